The standard InChI is InChI=1S/C19H27IO7.C17H25IO5.C15H19IO5.C14H17IO4/c1-8-23-12(5)25-16-14(20)10-15(27-19(21)11(3)4)17(18(16)22-7)26-13(6)24-9-2;1-7-13-10-14(18)16(23-12(5)21-9-3)17(19-6)15(13)22-11(4)20-8-2;1-6-19-10(4)20-14-12(16)7-11(8-13(14)18-5)21-15(17)9(2)3;1-6-9-7-10(15)12(11(8-9)17-5)18-13(16)19-14(2,3)4/h10,12-13H,3,8-9H2,1-2,4-7H3;7,10-12H,1,8-9H2,2-6H3;7-8,10H,2,6H2,1,3-5H3;6-8H,1H2,2-5H3. The van der Waals surface area contributed by atoms with Crippen molar-refractivity contribution in [2.75, 3.05) is 61.5 Å². The summed E-state index contributed by atoms with van der Waals surface area (Å²) in [6.45, 7) is 44.2. The van der Waals surface area contributed by atoms with E-state index in [9.17, 15) is 14.4 Å². The highest BCUT2D eigenvalue weighted by Gasteiger charge is 2.28. The second-order valence-electron chi connectivity index (χ2n) is 19.2. The van der Waals surface area contributed by atoms with Gasteiger partial charge in [0.1, 0.15) is 11.4 Å². The van der Waals surface area contributed by atoms with Gasteiger partial charge in [0.25, 0.3) is 0 Å². The summed E-state index contributed by atoms with van der Waals surface area (Å²) in [5.74, 6) is 3.88. The maximum atomic E-state index is 12.0. The van der Waals surface area contributed by atoms with Gasteiger partial charge in [0, 0.05) is 61.9 Å². The van der Waals surface area contributed by atoms with E-state index in [4.69, 9.17) is 85.3 Å². The van der Waals surface area contributed by atoms with E-state index in [1.54, 1.807) is 98.9 Å². The number of esters is 2. The van der Waals surface area contributed by atoms with Gasteiger partial charge in [-0.05, 0) is 224 Å². The lowest BCUT2D eigenvalue weighted by molar-refractivity contribution is -0.131. The van der Waals surface area contributed by atoms with Crippen molar-refractivity contribution in [3.05, 3.63) is 99.3 Å². The molecule has 0 bridgehead atoms. The minimum absolute atomic E-state index is 0.187. The Bertz CT molecular complexity index is 2980. The molecule has 0 radical (unpaired) electrons. The average Bonchev–Trinajstić information content (AvgIpc) is 0.868. The number of rotatable bonds is 31. The number of methoxy groups -OCH3 is 4. The molecule has 0 aromatic heterocycles. The summed E-state index contributed by atoms with van der Waals surface area (Å²) >= 11 is 8.41. The van der Waals surface area contributed by atoms with Crippen LogP contribution in [0.25, 0.3) is 12.2 Å². The molecule has 0 aliphatic rings. The van der Waals surface area contributed by atoms with Gasteiger partial charge in [-0.3, -0.25) is 0 Å². The molecule has 0 fully saturated rings. The second kappa shape index (κ2) is 43.0. The minimum Gasteiger partial charge on any atom is -0.493 e. The van der Waals surface area contributed by atoms with Gasteiger partial charge in [0.05, 0.1) is 42.7 Å². The van der Waals surface area contributed by atoms with E-state index >= 15 is 0 Å². The van der Waals surface area contributed by atoms with Gasteiger partial charge in [-0.1, -0.05) is 38.5 Å². The predicted octanol–water partition coefficient (Wildman–Crippen LogP) is 16.6. The van der Waals surface area contributed by atoms with Crippen molar-refractivity contribution in [1.82, 2.24) is 0 Å². The quantitative estimate of drug-likeness (QED) is 0.0114. The molecule has 0 amide bonds. The Morgan fingerprint density at radius 3 is 1.22 bits per heavy atom. The summed E-state index contributed by atoms with van der Waals surface area (Å²) in [7, 11) is 6.09. The van der Waals surface area contributed by atoms with Crippen molar-refractivity contribution in [2.45, 2.75) is 141 Å². The highest BCUT2D eigenvalue weighted by molar-refractivity contribution is 14.1. The molecule has 0 spiro atoms. The first-order valence-electron chi connectivity index (χ1n) is 28.3. The van der Waals surface area contributed by atoms with Crippen LogP contribution < -0.4 is 56.8 Å². The van der Waals surface area contributed by atoms with E-state index < -0.39 is 55.1 Å². The fourth-order valence-corrected chi connectivity index (χ4v) is 9.76. The zero-order valence-corrected chi connectivity index (χ0v) is 63.6. The van der Waals surface area contributed by atoms with E-state index in [1.807, 2.05) is 60.6 Å². The van der Waals surface area contributed by atoms with Gasteiger partial charge < -0.3 is 85.3 Å². The van der Waals surface area contributed by atoms with Gasteiger partial charge in [0.2, 0.25) is 17.2 Å². The van der Waals surface area contributed by atoms with E-state index in [0.717, 1.165) is 21.8 Å². The van der Waals surface area contributed by atoms with Crippen LogP contribution in [0.2, 0.25) is 0 Å². The van der Waals surface area contributed by atoms with Crippen LogP contribution in [0.15, 0.2) is 73.9 Å². The maximum absolute atomic E-state index is 12.0. The summed E-state index contributed by atoms with van der Waals surface area (Å²) in [6.07, 6.45) is 0.355. The van der Waals surface area contributed by atoms with Gasteiger partial charge in [-0.25, -0.2) is 14.4 Å². The lowest BCUT2D eigenvalue weighted by Gasteiger charge is -2.23. The number of hydrogen-bond acceptors (Lipinski definition) is 21. The van der Waals surface area contributed by atoms with Crippen molar-refractivity contribution in [1.29, 1.82) is 0 Å². The molecule has 5 unspecified atom stereocenters. The Morgan fingerprint density at radius 2 is 0.822 bits per heavy atom. The Labute approximate surface area is 585 Å². The van der Waals surface area contributed by atoms with Crippen LogP contribution in [0.1, 0.15) is 115 Å². The SMILES string of the molecule is C=C(C)C(=O)Oc1cc(I)c(OC(C)OCC)c(OC)c1.C=C(C)C(=O)Oc1cc(I)c(OC(C)OCC)c(OC)c1OC(C)OCC.C=Cc1cc(I)c(OC(=O)OC(C)(C)C)c(OC)c1.C=Cc1cc(I)c(OC(C)OCC)c(OC)c1OC(C)OCC. The Morgan fingerprint density at radius 1 is 0.444 bits per heavy atom. The Balaban J connectivity index is 0.000000605. The van der Waals surface area contributed by atoms with Crippen molar-refractivity contribution < 1.29 is 99.6 Å². The maximum Gasteiger partial charge on any atom is 0.514 e. The topological polar surface area (TPSA) is 217 Å². The highest BCUT2D eigenvalue weighted by Crippen LogP contribution is 2.49. The molecule has 4 aromatic rings. The van der Waals surface area contributed by atoms with Crippen LogP contribution in [0.4, 0.5) is 4.79 Å². The van der Waals surface area contributed by atoms with Crippen LogP contribution in [0.5, 0.6) is 69.0 Å². The number of ether oxygens (including phenoxy) is 18. The Kier molecular flexibility index (Phi) is 39.6. The molecule has 0 aliphatic carbocycles. The Hall–Kier alpha value is -5.03. The predicted molar refractivity (Wildman–Crippen MR) is 379 cm³/mol. The third-order valence-corrected chi connectivity index (χ3v) is 13.9. The fourth-order valence-electron chi connectivity index (χ4n) is 6.97. The van der Waals surface area contributed by atoms with Gasteiger partial charge >= 0.3 is 18.1 Å². The molecular formula is C65H88I4O21. The minimum atomic E-state index is -0.755. The first-order valence-corrected chi connectivity index (χ1v) is 32.6. The molecule has 502 valence electrons. The van der Waals surface area contributed by atoms with Gasteiger partial charge in [-0.15, -0.1) is 0 Å². The van der Waals surface area contributed by atoms with Crippen molar-refractivity contribution >= 4 is 121 Å². The van der Waals surface area contributed by atoms with Crippen LogP contribution in [0, 0.1) is 14.3 Å². The van der Waals surface area contributed by atoms with E-state index in [2.05, 4.69) is 117 Å². The summed E-state index contributed by atoms with van der Waals surface area (Å²) in [5.41, 5.74) is 1.69. The summed E-state index contributed by atoms with van der Waals surface area (Å²) in [5, 5.41) is 0. The molecule has 0 saturated carbocycles. The van der Waals surface area contributed by atoms with E-state index in [0.29, 0.717) is 93.9 Å². The number of benzene rings is 4. The highest BCUT2D eigenvalue weighted by atomic mass is 127. The molecule has 0 heterocycles. The fraction of sp³-hybridized carbons (Fsp3) is 0.462. The number of carbonyl (C=O) groups excluding carboxylic acids is 3. The van der Waals surface area contributed by atoms with E-state index in [1.165, 1.54) is 21.3 Å². The molecule has 0 aliphatic heterocycles. The smallest absolute Gasteiger partial charge is 0.493 e. The zero-order valence-electron chi connectivity index (χ0n) is 55.0. The third kappa shape index (κ3) is 28.9. The van der Waals surface area contributed by atoms with E-state index in [-0.39, 0.29) is 22.8 Å². The monoisotopic (exact) mass is 1710 g/mol. The van der Waals surface area contributed by atoms with Gasteiger partial charge in [-0.2, -0.15) is 0 Å². The summed E-state index contributed by atoms with van der Waals surface area (Å²) < 4.78 is 102. The third-order valence-electron chi connectivity index (χ3n) is 10.7. The lowest BCUT2D eigenvalue weighted by atomic mass is 10.1. The van der Waals surface area contributed by atoms with Crippen LogP contribution >= 0.6 is 90.4 Å². The molecule has 4 rings (SSSR count). The molecule has 4 aromatic carbocycles. The molecule has 0 saturated heterocycles. The summed E-state index contributed by atoms with van der Waals surface area (Å²) in [4.78, 5) is 35.3. The largest absolute Gasteiger partial charge is 0.514 e. The molecule has 5 atom stereocenters. The molecular weight excluding hydrogens is 1620 g/mol. The molecule has 0 N–H and O–H groups in total. The van der Waals surface area contributed by atoms with Crippen LogP contribution in [-0.2, 0) is 38.0 Å². The second-order valence-corrected chi connectivity index (χ2v) is 23.8. The lowest BCUT2D eigenvalue weighted by Crippen LogP contribution is -2.26. The van der Waals surface area contributed by atoms with Crippen molar-refractivity contribution in [3.8, 4) is 69.0 Å². The van der Waals surface area contributed by atoms with Crippen molar-refractivity contribution in [3.63, 3.8) is 0 Å². The summed E-state index contributed by atoms with van der Waals surface area (Å²) in [6, 6.07) is 10.4. The number of halogens is 4. The number of hydrogen-bond donors (Lipinski definition) is 0. The first kappa shape index (κ1) is 83.0. The zero-order chi connectivity index (χ0) is 68.6. The number of carbonyl (C=O) groups is 3. The first-order chi connectivity index (χ1) is 42.4. The molecule has 21 nitrogen and oxygen atoms in total. The molecule has 25 heteroatoms. The average molecular weight is 1710 g/mol. The van der Waals surface area contributed by atoms with Gasteiger partial charge in [0.15, 0.2) is 77.4 Å². The van der Waals surface area contributed by atoms with Crippen LogP contribution in [-0.4, -0.2) is 117 Å². The van der Waals surface area contributed by atoms with Crippen molar-refractivity contribution in [2.24, 2.45) is 0 Å². The molecule has 90 heavy (non-hydrogen) atoms. The normalized spacial score (nSPS) is 12.3. The van der Waals surface area contributed by atoms with Crippen LogP contribution in [0.3, 0.4) is 0 Å².